The lowest BCUT2D eigenvalue weighted by molar-refractivity contribution is -0.136. The van der Waals surface area contributed by atoms with Crippen LogP contribution in [-0.2, 0) is 31.1 Å². The molecule has 6 N–H and O–H groups in total. The van der Waals surface area contributed by atoms with Gasteiger partial charge < -0.3 is 40.4 Å². The molecule has 3 aromatic carbocycles. The number of piperidine rings is 2. The minimum atomic E-state index is -0.624. The van der Waals surface area contributed by atoms with Crippen molar-refractivity contribution >= 4 is 35.0 Å². The van der Waals surface area contributed by atoms with Gasteiger partial charge in [-0.25, -0.2) is 15.0 Å². The van der Waals surface area contributed by atoms with Crippen molar-refractivity contribution in [3.8, 4) is 17.3 Å². The summed E-state index contributed by atoms with van der Waals surface area (Å²) in [5, 5.41) is 23.5. The SMILES string of the molecule is C[C@@H](NC(=O)c1cccc(NC2(c3nc(-c4ccncn4)n[nH]3)CCNCC2)c1)c1cccc(OCCCCCCOCCOCCNc2ccc3c(c2)CN(C2CCC(=O)NC2=O)C3=O)c1. The summed E-state index contributed by atoms with van der Waals surface area (Å²) in [5.41, 5.74) is 4.77. The van der Waals surface area contributed by atoms with E-state index in [0.29, 0.717) is 75.2 Å². The minimum Gasteiger partial charge on any atom is -0.494 e. The number of amides is 4. The van der Waals surface area contributed by atoms with Gasteiger partial charge in [-0.3, -0.25) is 29.6 Å². The Hall–Kier alpha value is -6.76. The molecule has 5 heterocycles. The Labute approximate surface area is 389 Å². The van der Waals surface area contributed by atoms with Crippen LogP contribution in [0.4, 0.5) is 11.4 Å². The average molecular weight is 914 g/mol. The highest BCUT2D eigenvalue weighted by molar-refractivity contribution is 6.05. The predicted octanol–water partition coefficient (Wildman–Crippen LogP) is 5.29. The van der Waals surface area contributed by atoms with Crippen molar-refractivity contribution in [2.75, 3.05) is 63.3 Å². The van der Waals surface area contributed by atoms with Crippen molar-refractivity contribution < 1.29 is 33.4 Å². The second-order valence-electron chi connectivity index (χ2n) is 17.1. The van der Waals surface area contributed by atoms with E-state index in [0.717, 1.165) is 85.7 Å². The molecule has 0 bridgehead atoms. The third kappa shape index (κ3) is 12.2. The zero-order valence-corrected chi connectivity index (χ0v) is 37.9. The molecule has 352 valence electrons. The number of hydrogen-bond acceptors (Lipinski definition) is 14. The van der Waals surface area contributed by atoms with Gasteiger partial charge in [0.05, 0.1) is 38.0 Å². The van der Waals surface area contributed by atoms with E-state index in [1.54, 1.807) is 23.2 Å². The van der Waals surface area contributed by atoms with Crippen LogP contribution in [0.15, 0.2) is 85.3 Å². The minimum absolute atomic E-state index is 0.172. The van der Waals surface area contributed by atoms with Crippen LogP contribution < -0.4 is 31.3 Å². The molecule has 67 heavy (non-hydrogen) atoms. The van der Waals surface area contributed by atoms with Gasteiger partial charge in [0.1, 0.15) is 23.8 Å². The largest absolute Gasteiger partial charge is 0.494 e. The molecule has 0 aliphatic carbocycles. The van der Waals surface area contributed by atoms with Crippen LogP contribution in [-0.4, -0.2) is 112 Å². The second kappa shape index (κ2) is 22.6. The Kier molecular flexibility index (Phi) is 15.8. The first-order valence-electron chi connectivity index (χ1n) is 23.2. The number of ether oxygens (including phenoxy) is 3. The smallest absolute Gasteiger partial charge is 0.255 e. The summed E-state index contributed by atoms with van der Waals surface area (Å²) in [7, 11) is 0. The van der Waals surface area contributed by atoms with E-state index in [4.69, 9.17) is 19.2 Å². The molecule has 1 unspecified atom stereocenters. The van der Waals surface area contributed by atoms with Gasteiger partial charge in [-0.2, -0.15) is 5.10 Å². The fourth-order valence-electron chi connectivity index (χ4n) is 8.66. The maximum atomic E-state index is 13.5. The summed E-state index contributed by atoms with van der Waals surface area (Å²) >= 11 is 0. The molecular formula is C49H59N11O7. The molecule has 18 nitrogen and oxygen atoms in total. The van der Waals surface area contributed by atoms with Gasteiger partial charge in [0.15, 0.2) is 11.6 Å². The summed E-state index contributed by atoms with van der Waals surface area (Å²) in [6.07, 6.45) is 9.21. The Morgan fingerprint density at radius 1 is 0.896 bits per heavy atom. The molecule has 2 atom stereocenters. The van der Waals surface area contributed by atoms with Gasteiger partial charge in [-0.15, -0.1) is 0 Å². The first kappa shape index (κ1) is 46.8. The van der Waals surface area contributed by atoms with Crippen LogP contribution in [0.5, 0.6) is 5.75 Å². The fourth-order valence-corrected chi connectivity index (χ4v) is 8.66. The van der Waals surface area contributed by atoms with E-state index in [2.05, 4.69) is 46.7 Å². The van der Waals surface area contributed by atoms with E-state index in [9.17, 15) is 19.2 Å². The first-order valence-corrected chi connectivity index (χ1v) is 23.2. The molecule has 4 amide bonds. The number of fused-ring (bicyclic) bond motifs is 1. The molecule has 5 aromatic rings. The number of unbranched alkanes of at least 4 members (excludes halogenated alkanes) is 3. The van der Waals surface area contributed by atoms with Gasteiger partial charge in [0, 0.05) is 54.8 Å². The normalized spacial score (nSPS) is 17.1. The maximum Gasteiger partial charge on any atom is 0.255 e. The van der Waals surface area contributed by atoms with Crippen molar-refractivity contribution in [3.63, 3.8) is 0 Å². The van der Waals surface area contributed by atoms with Crippen LogP contribution in [0.1, 0.15) is 102 Å². The summed E-state index contributed by atoms with van der Waals surface area (Å²) in [6.45, 7) is 7.32. The molecule has 0 spiro atoms. The van der Waals surface area contributed by atoms with Gasteiger partial charge in [0.2, 0.25) is 11.8 Å². The molecule has 0 radical (unpaired) electrons. The number of carbonyl (C=O) groups excluding carboxylic acids is 4. The van der Waals surface area contributed by atoms with E-state index in [1.807, 2.05) is 67.6 Å². The number of aromatic amines is 1. The van der Waals surface area contributed by atoms with E-state index in [-0.39, 0.29) is 30.2 Å². The van der Waals surface area contributed by atoms with Crippen LogP contribution in [0.2, 0.25) is 0 Å². The Morgan fingerprint density at radius 2 is 1.72 bits per heavy atom. The maximum absolute atomic E-state index is 13.5. The standard InChI is InChI=1S/C49H59N11O7/c1-33(54-45(62)35-9-6-10-38(28-35)57-49(17-20-50-21-18-49)48-56-44(58-59-48)41-16-19-51-32-53-41)34-8-7-11-39(30-34)67-24-5-3-2-4-23-65-26-27-66-25-22-52-37-12-13-40-36(29-37)31-60(47(40)64)42-14-15-43(61)55-46(42)63/h6-13,16,19,28-30,32-33,42,50,52,57H,2-5,14-15,17-18,20-27,31H2,1H3,(H,54,62)(H,55,61,63)(H,56,58,59)/t33-,42?/m1/s1. The van der Waals surface area contributed by atoms with Crippen LogP contribution in [0, 0.1) is 0 Å². The van der Waals surface area contributed by atoms with E-state index in [1.165, 1.54) is 6.33 Å². The number of benzene rings is 3. The number of nitrogens with one attached hydrogen (secondary N) is 6. The molecule has 2 fully saturated rings. The molecule has 2 aromatic heterocycles. The molecule has 3 aliphatic rings. The van der Waals surface area contributed by atoms with E-state index < -0.39 is 17.5 Å². The number of imide groups is 1. The van der Waals surface area contributed by atoms with Gasteiger partial charge in [-0.1, -0.05) is 24.6 Å². The average Bonchev–Trinajstić information content (AvgIpc) is 3.98. The molecule has 0 saturated carbocycles. The zero-order valence-electron chi connectivity index (χ0n) is 37.9. The third-order valence-electron chi connectivity index (χ3n) is 12.3. The number of carbonyl (C=O) groups is 4. The lowest BCUT2D eigenvalue weighted by atomic mass is 9.87. The highest BCUT2D eigenvalue weighted by Gasteiger charge is 2.40. The molecular weight excluding hydrogens is 855 g/mol. The molecule has 3 aliphatic heterocycles. The number of nitrogens with zero attached hydrogens (tertiary/aromatic N) is 5. The summed E-state index contributed by atoms with van der Waals surface area (Å²) in [4.78, 5) is 65.0. The zero-order chi connectivity index (χ0) is 46.4. The van der Waals surface area contributed by atoms with Crippen molar-refractivity contribution in [1.29, 1.82) is 0 Å². The molecule has 8 rings (SSSR count). The highest BCUT2D eigenvalue weighted by Crippen LogP contribution is 2.34. The Bertz CT molecular complexity index is 2480. The van der Waals surface area contributed by atoms with E-state index >= 15 is 0 Å². The van der Waals surface area contributed by atoms with Crippen LogP contribution in [0.25, 0.3) is 11.5 Å². The summed E-state index contributed by atoms with van der Waals surface area (Å²) in [6, 6.07) is 21.9. The quantitative estimate of drug-likeness (QED) is 0.0362. The molecule has 18 heteroatoms. The number of H-pyrrole nitrogens is 1. The number of aromatic nitrogens is 5. The number of rotatable bonds is 23. The van der Waals surface area contributed by atoms with Crippen molar-refractivity contribution in [2.45, 2.75) is 82.5 Å². The van der Waals surface area contributed by atoms with Crippen LogP contribution in [0.3, 0.4) is 0 Å². The monoisotopic (exact) mass is 913 g/mol. The summed E-state index contributed by atoms with van der Waals surface area (Å²) in [5.74, 6) is 0.937. The van der Waals surface area contributed by atoms with Crippen molar-refractivity contribution in [3.05, 3.63) is 113 Å². The lowest BCUT2D eigenvalue weighted by Crippen LogP contribution is -2.52. The van der Waals surface area contributed by atoms with Gasteiger partial charge >= 0.3 is 0 Å². The van der Waals surface area contributed by atoms with Crippen molar-refractivity contribution in [2.24, 2.45) is 0 Å². The number of hydrogen-bond donors (Lipinski definition) is 6. The molecule has 2 saturated heterocycles. The van der Waals surface area contributed by atoms with Crippen molar-refractivity contribution in [1.82, 2.24) is 46.0 Å². The van der Waals surface area contributed by atoms with Gasteiger partial charge in [-0.05, 0) is 124 Å². The Balaban J connectivity index is 0.680. The highest BCUT2D eigenvalue weighted by atomic mass is 16.5. The predicted molar refractivity (Wildman–Crippen MR) is 250 cm³/mol. The van der Waals surface area contributed by atoms with Gasteiger partial charge in [0.25, 0.3) is 11.8 Å². The lowest BCUT2D eigenvalue weighted by Gasteiger charge is -2.37. The third-order valence-corrected chi connectivity index (χ3v) is 12.3. The fraction of sp³-hybridized carbons (Fsp3) is 0.429. The first-order chi connectivity index (χ1) is 32.7. The Morgan fingerprint density at radius 3 is 2.54 bits per heavy atom. The summed E-state index contributed by atoms with van der Waals surface area (Å²) < 4.78 is 17.6. The van der Waals surface area contributed by atoms with Crippen LogP contribution >= 0.6 is 0 Å². The topological polar surface area (TPSA) is 227 Å². The number of anilines is 2. The second-order valence-corrected chi connectivity index (χ2v) is 17.1.